The third-order valence-electron chi connectivity index (χ3n) is 5.65. The fourth-order valence-corrected chi connectivity index (χ4v) is 4.04. The van der Waals surface area contributed by atoms with Gasteiger partial charge in [0.15, 0.2) is 0 Å². The molecule has 1 aromatic heterocycles. The molecule has 0 N–H and O–H groups in total. The molecule has 0 saturated carbocycles. The van der Waals surface area contributed by atoms with E-state index in [1.807, 2.05) is 12.1 Å². The Balaban J connectivity index is 1.34. The van der Waals surface area contributed by atoms with Gasteiger partial charge in [0, 0.05) is 51.3 Å². The third-order valence-corrected chi connectivity index (χ3v) is 5.65. The van der Waals surface area contributed by atoms with Gasteiger partial charge in [-0.1, -0.05) is 0 Å². The molecule has 0 unspecified atom stereocenters. The maximum atomic E-state index is 5.52. The Hall–Kier alpha value is -2.12. The van der Waals surface area contributed by atoms with E-state index in [0.29, 0.717) is 0 Å². The summed E-state index contributed by atoms with van der Waals surface area (Å²) >= 11 is 0. The van der Waals surface area contributed by atoms with E-state index >= 15 is 0 Å². The van der Waals surface area contributed by atoms with Crippen molar-refractivity contribution >= 4 is 0 Å². The van der Waals surface area contributed by atoms with Gasteiger partial charge < -0.3 is 14.0 Å². The van der Waals surface area contributed by atoms with Gasteiger partial charge in [0.05, 0.1) is 20.8 Å². The highest BCUT2D eigenvalue weighted by molar-refractivity contribution is 5.40. The van der Waals surface area contributed by atoms with Gasteiger partial charge in [0.2, 0.25) is 0 Å². The number of nitrogens with zero attached hydrogens (tertiary/aromatic N) is 5. The lowest BCUT2D eigenvalue weighted by atomic mass is 10.1. The van der Waals surface area contributed by atoms with Crippen molar-refractivity contribution in [2.45, 2.75) is 38.9 Å². The van der Waals surface area contributed by atoms with Crippen LogP contribution in [0, 0.1) is 0 Å². The van der Waals surface area contributed by atoms with E-state index in [1.165, 1.54) is 24.2 Å². The second kappa shape index (κ2) is 8.27. The Kier molecular flexibility index (Phi) is 5.59. The summed E-state index contributed by atoms with van der Waals surface area (Å²) in [6.07, 6.45) is 3.56. The molecule has 0 aliphatic carbocycles. The standard InChI is InChI=1S/C20H29N5O2/c1-26-17-6-7-18(27-2)16(13-17)14-23-9-11-24(12-10-23)15-20-22-21-19-5-3-4-8-25(19)20/h6-7,13H,3-5,8-12,14-15H2,1-2H3. The summed E-state index contributed by atoms with van der Waals surface area (Å²) in [5.74, 6) is 4.10. The van der Waals surface area contributed by atoms with E-state index in [1.54, 1.807) is 14.2 Å². The largest absolute Gasteiger partial charge is 0.497 e. The summed E-state index contributed by atoms with van der Waals surface area (Å²) < 4.78 is 13.2. The highest BCUT2D eigenvalue weighted by Gasteiger charge is 2.22. The van der Waals surface area contributed by atoms with Crippen LogP contribution in [0.1, 0.15) is 30.1 Å². The van der Waals surface area contributed by atoms with Crippen LogP contribution < -0.4 is 9.47 Å². The van der Waals surface area contributed by atoms with Crippen LogP contribution in [-0.2, 0) is 26.1 Å². The first-order valence-electron chi connectivity index (χ1n) is 9.83. The first-order valence-corrected chi connectivity index (χ1v) is 9.83. The Morgan fingerprint density at radius 3 is 2.41 bits per heavy atom. The summed E-state index contributed by atoms with van der Waals surface area (Å²) in [4.78, 5) is 4.97. The number of methoxy groups -OCH3 is 2. The van der Waals surface area contributed by atoms with Gasteiger partial charge in [-0.05, 0) is 31.0 Å². The van der Waals surface area contributed by atoms with Crippen molar-refractivity contribution in [2.75, 3.05) is 40.4 Å². The Labute approximate surface area is 160 Å². The number of aromatic nitrogens is 3. The number of hydrogen-bond donors (Lipinski definition) is 0. The zero-order valence-corrected chi connectivity index (χ0v) is 16.4. The maximum Gasteiger partial charge on any atom is 0.147 e. The molecule has 0 bridgehead atoms. The van der Waals surface area contributed by atoms with Gasteiger partial charge >= 0.3 is 0 Å². The van der Waals surface area contributed by atoms with Gasteiger partial charge in [-0.15, -0.1) is 10.2 Å². The number of fused-ring (bicyclic) bond motifs is 1. The van der Waals surface area contributed by atoms with Crippen LogP contribution >= 0.6 is 0 Å². The molecular weight excluding hydrogens is 342 g/mol. The molecule has 3 heterocycles. The molecule has 0 amide bonds. The van der Waals surface area contributed by atoms with Crippen molar-refractivity contribution in [3.05, 3.63) is 35.4 Å². The molecular formula is C20H29N5O2. The van der Waals surface area contributed by atoms with E-state index in [0.717, 1.165) is 69.6 Å². The Bertz CT molecular complexity index is 768. The normalized spacial score (nSPS) is 18.3. The minimum atomic E-state index is 0.876. The minimum Gasteiger partial charge on any atom is -0.497 e. The smallest absolute Gasteiger partial charge is 0.147 e. The lowest BCUT2D eigenvalue weighted by molar-refractivity contribution is 0.118. The van der Waals surface area contributed by atoms with E-state index in [4.69, 9.17) is 9.47 Å². The third kappa shape index (κ3) is 4.09. The highest BCUT2D eigenvalue weighted by Crippen LogP contribution is 2.26. The van der Waals surface area contributed by atoms with Crippen LogP contribution in [0.2, 0.25) is 0 Å². The molecule has 0 spiro atoms. The monoisotopic (exact) mass is 371 g/mol. The zero-order chi connectivity index (χ0) is 18.6. The van der Waals surface area contributed by atoms with E-state index in [9.17, 15) is 0 Å². The summed E-state index contributed by atoms with van der Waals surface area (Å²) in [6, 6.07) is 6.01. The van der Waals surface area contributed by atoms with Crippen LogP contribution in [0.3, 0.4) is 0 Å². The topological polar surface area (TPSA) is 55.7 Å². The Morgan fingerprint density at radius 2 is 1.67 bits per heavy atom. The first-order chi connectivity index (χ1) is 13.3. The number of rotatable bonds is 6. The van der Waals surface area contributed by atoms with Crippen molar-refractivity contribution in [3.63, 3.8) is 0 Å². The quantitative estimate of drug-likeness (QED) is 0.774. The average Bonchev–Trinajstić information content (AvgIpc) is 3.12. The van der Waals surface area contributed by atoms with Crippen LogP contribution in [0.15, 0.2) is 18.2 Å². The van der Waals surface area contributed by atoms with Gasteiger partial charge in [-0.2, -0.15) is 0 Å². The molecule has 2 aliphatic heterocycles. The van der Waals surface area contributed by atoms with Gasteiger partial charge in [0.1, 0.15) is 23.1 Å². The number of ether oxygens (including phenoxy) is 2. The van der Waals surface area contributed by atoms with Crippen molar-refractivity contribution < 1.29 is 9.47 Å². The molecule has 1 fully saturated rings. The van der Waals surface area contributed by atoms with E-state index in [-0.39, 0.29) is 0 Å². The maximum absolute atomic E-state index is 5.52. The summed E-state index contributed by atoms with van der Waals surface area (Å²) in [7, 11) is 3.43. The average molecular weight is 371 g/mol. The van der Waals surface area contributed by atoms with Gasteiger partial charge in [-0.25, -0.2) is 0 Å². The molecule has 7 nitrogen and oxygen atoms in total. The lowest BCUT2D eigenvalue weighted by Crippen LogP contribution is -2.45. The Morgan fingerprint density at radius 1 is 0.889 bits per heavy atom. The summed E-state index contributed by atoms with van der Waals surface area (Å²) in [5, 5.41) is 8.83. The molecule has 1 saturated heterocycles. The van der Waals surface area contributed by atoms with Gasteiger partial charge in [-0.3, -0.25) is 9.80 Å². The van der Waals surface area contributed by atoms with Crippen molar-refractivity contribution in [2.24, 2.45) is 0 Å². The van der Waals surface area contributed by atoms with E-state index in [2.05, 4.69) is 30.6 Å². The zero-order valence-electron chi connectivity index (χ0n) is 16.4. The van der Waals surface area contributed by atoms with Crippen LogP contribution in [0.5, 0.6) is 11.5 Å². The molecule has 146 valence electrons. The predicted molar refractivity (Wildman–Crippen MR) is 103 cm³/mol. The number of aryl methyl sites for hydroxylation is 1. The number of hydrogen-bond acceptors (Lipinski definition) is 6. The molecule has 2 aromatic rings. The van der Waals surface area contributed by atoms with Crippen LogP contribution in [-0.4, -0.2) is 65.0 Å². The molecule has 2 aliphatic rings. The molecule has 27 heavy (non-hydrogen) atoms. The van der Waals surface area contributed by atoms with Crippen LogP contribution in [0.25, 0.3) is 0 Å². The van der Waals surface area contributed by atoms with Crippen molar-refractivity contribution in [1.82, 2.24) is 24.6 Å². The number of benzene rings is 1. The summed E-state index contributed by atoms with van der Waals surface area (Å²) in [5.41, 5.74) is 1.18. The van der Waals surface area contributed by atoms with Gasteiger partial charge in [0.25, 0.3) is 0 Å². The summed E-state index contributed by atoms with van der Waals surface area (Å²) in [6.45, 7) is 7.05. The van der Waals surface area contributed by atoms with E-state index < -0.39 is 0 Å². The molecule has 1 aromatic carbocycles. The van der Waals surface area contributed by atoms with Crippen LogP contribution in [0.4, 0.5) is 0 Å². The van der Waals surface area contributed by atoms with Crippen molar-refractivity contribution in [3.8, 4) is 11.5 Å². The minimum absolute atomic E-state index is 0.876. The first kappa shape index (κ1) is 18.3. The fraction of sp³-hybridized carbons (Fsp3) is 0.600. The SMILES string of the molecule is COc1ccc(OC)c(CN2CCN(Cc3nnc4n3CCCC4)CC2)c1. The second-order valence-electron chi connectivity index (χ2n) is 7.37. The molecule has 4 rings (SSSR count). The number of piperazine rings is 1. The predicted octanol–water partition coefficient (Wildman–Crippen LogP) is 1.95. The second-order valence-corrected chi connectivity index (χ2v) is 7.37. The lowest BCUT2D eigenvalue weighted by Gasteiger charge is -2.34. The molecule has 0 radical (unpaired) electrons. The fourth-order valence-electron chi connectivity index (χ4n) is 4.04. The van der Waals surface area contributed by atoms with Crippen molar-refractivity contribution in [1.29, 1.82) is 0 Å². The molecule has 0 atom stereocenters. The highest BCUT2D eigenvalue weighted by atomic mass is 16.5. The molecule has 7 heteroatoms.